The minimum absolute atomic E-state index is 0.0511. The van der Waals surface area contributed by atoms with E-state index in [-0.39, 0.29) is 17.7 Å². The molecule has 2 rings (SSSR count). The molecule has 0 aliphatic carbocycles. The van der Waals surface area contributed by atoms with Crippen LogP contribution in [0.15, 0.2) is 36.4 Å². The Bertz CT molecular complexity index is 623. The lowest BCUT2D eigenvalue weighted by atomic mass is 9.93. The Balaban J connectivity index is 2.44. The smallest absolute Gasteiger partial charge is 0.126 e. The molecule has 0 radical (unpaired) electrons. The highest BCUT2D eigenvalue weighted by Crippen LogP contribution is 2.27. The van der Waals surface area contributed by atoms with E-state index in [4.69, 9.17) is 0 Å². The number of hydrogen-bond acceptors (Lipinski definition) is 1. The van der Waals surface area contributed by atoms with Crippen LogP contribution in [0.2, 0.25) is 0 Å². The number of halogens is 2. The average molecular weight is 289 g/mol. The van der Waals surface area contributed by atoms with Gasteiger partial charge in [0.25, 0.3) is 0 Å². The summed E-state index contributed by atoms with van der Waals surface area (Å²) in [4.78, 5) is 0. The summed E-state index contributed by atoms with van der Waals surface area (Å²) < 4.78 is 26.8. The van der Waals surface area contributed by atoms with Crippen LogP contribution >= 0.6 is 0 Å². The van der Waals surface area contributed by atoms with Crippen LogP contribution in [0.5, 0.6) is 0 Å². The highest BCUT2D eigenvalue weighted by Gasteiger charge is 2.16. The van der Waals surface area contributed by atoms with E-state index < -0.39 is 0 Å². The maximum Gasteiger partial charge on any atom is 0.126 e. The molecule has 2 aromatic carbocycles. The van der Waals surface area contributed by atoms with Crippen LogP contribution in [0.1, 0.15) is 41.6 Å². The Morgan fingerprint density at radius 3 is 2.38 bits per heavy atom. The van der Waals surface area contributed by atoms with Crippen LogP contribution in [0.3, 0.4) is 0 Å². The first-order valence-electron chi connectivity index (χ1n) is 7.28. The van der Waals surface area contributed by atoms with E-state index in [0.717, 1.165) is 29.7 Å². The number of aryl methyl sites for hydroxylation is 2. The molecule has 0 bridgehead atoms. The van der Waals surface area contributed by atoms with Crippen LogP contribution in [-0.2, 0) is 0 Å². The first-order chi connectivity index (χ1) is 10.0. The average Bonchev–Trinajstić information content (AvgIpc) is 2.44. The van der Waals surface area contributed by atoms with E-state index in [9.17, 15) is 8.78 Å². The first kappa shape index (κ1) is 15.6. The summed E-state index contributed by atoms with van der Waals surface area (Å²) in [7, 11) is 0. The van der Waals surface area contributed by atoms with Crippen molar-refractivity contribution < 1.29 is 8.78 Å². The van der Waals surface area contributed by atoms with E-state index in [2.05, 4.69) is 12.2 Å². The molecule has 0 spiro atoms. The van der Waals surface area contributed by atoms with Gasteiger partial charge in [0.2, 0.25) is 0 Å². The third kappa shape index (κ3) is 3.67. The summed E-state index contributed by atoms with van der Waals surface area (Å²) in [5.41, 5.74) is 3.54. The molecular formula is C18H21F2N. The van der Waals surface area contributed by atoms with Gasteiger partial charge in [-0.15, -0.1) is 0 Å². The molecule has 1 nitrogen and oxygen atoms in total. The summed E-state index contributed by atoms with van der Waals surface area (Å²) in [6, 6.07) is 9.89. The summed E-state index contributed by atoms with van der Waals surface area (Å²) in [6.45, 7) is 6.60. The number of rotatable bonds is 5. The summed E-state index contributed by atoms with van der Waals surface area (Å²) in [6.07, 6.45) is 0.997. The van der Waals surface area contributed by atoms with Gasteiger partial charge in [0, 0.05) is 0 Å². The second kappa shape index (κ2) is 6.81. The van der Waals surface area contributed by atoms with Crippen molar-refractivity contribution in [3.63, 3.8) is 0 Å². The van der Waals surface area contributed by atoms with Crippen LogP contribution in [-0.4, -0.2) is 6.54 Å². The van der Waals surface area contributed by atoms with E-state index >= 15 is 0 Å². The second-order valence-electron chi connectivity index (χ2n) is 5.40. The zero-order valence-corrected chi connectivity index (χ0v) is 12.7. The number of nitrogens with one attached hydrogen (secondary N) is 1. The largest absolute Gasteiger partial charge is 0.306 e. The molecule has 1 atom stereocenters. The van der Waals surface area contributed by atoms with E-state index in [0.29, 0.717) is 5.56 Å². The van der Waals surface area contributed by atoms with Crippen LogP contribution in [0.25, 0.3) is 0 Å². The molecule has 0 saturated heterocycles. The lowest BCUT2D eigenvalue weighted by Gasteiger charge is -2.22. The fraction of sp³-hybridized carbons (Fsp3) is 0.333. The fourth-order valence-electron chi connectivity index (χ4n) is 2.51. The van der Waals surface area contributed by atoms with Gasteiger partial charge in [0.05, 0.1) is 6.04 Å². The minimum Gasteiger partial charge on any atom is -0.306 e. The van der Waals surface area contributed by atoms with Crippen molar-refractivity contribution in [2.45, 2.75) is 33.2 Å². The Kier molecular flexibility index (Phi) is 5.07. The molecule has 21 heavy (non-hydrogen) atoms. The highest BCUT2D eigenvalue weighted by molar-refractivity contribution is 5.38. The van der Waals surface area contributed by atoms with Gasteiger partial charge in [-0.1, -0.05) is 25.1 Å². The van der Waals surface area contributed by atoms with Crippen molar-refractivity contribution in [2.75, 3.05) is 6.54 Å². The summed E-state index contributed by atoms with van der Waals surface area (Å²) >= 11 is 0. The third-order valence-corrected chi connectivity index (χ3v) is 3.66. The predicted octanol–water partition coefficient (Wildman–Crippen LogP) is 4.67. The molecule has 0 aliphatic rings. The molecule has 3 heteroatoms. The summed E-state index contributed by atoms with van der Waals surface area (Å²) in [5.74, 6) is -0.440. The third-order valence-electron chi connectivity index (χ3n) is 3.66. The van der Waals surface area contributed by atoms with Crippen molar-refractivity contribution in [3.8, 4) is 0 Å². The van der Waals surface area contributed by atoms with Crippen molar-refractivity contribution in [3.05, 3.63) is 70.3 Å². The number of benzene rings is 2. The van der Waals surface area contributed by atoms with Crippen LogP contribution < -0.4 is 5.32 Å². The van der Waals surface area contributed by atoms with Gasteiger partial charge >= 0.3 is 0 Å². The van der Waals surface area contributed by atoms with Gasteiger partial charge < -0.3 is 5.32 Å². The first-order valence-corrected chi connectivity index (χ1v) is 7.28. The molecule has 0 saturated carbocycles. The topological polar surface area (TPSA) is 12.0 Å². The zero-order valence-electron chi connectivity index (χ0n) is 12.7. The van der Waals surface area contributed by atoms with Gasteiger partial charge in [-0.3, -0.25) is 0 Å². The molecule has 112 valence electrons. The lowest BCUT2D eigenvalue weighted by Crippen LogP contribution is -2.24. The zero-order chi connectivity index (χ0) is 15.4. The Morgan fingerprint density at radius 2 is 1.76 bits per heavy atom. The Hall–Kier alpha value is -1.74. The maximum atomic E-state index is 13.5. The molecule has 1 unspecified atom stereocenters. The molecular weight excluding hydrogens is 268 g/mol. The van der Waals surface area contributed by atoms with Gasteiger partial charge in [-0.05, 0) is 67.3 Å². The van der Waals surface area contributed by atoms with Crippen molar-refractivity contribution in [1.82, 2.24) is 5.32 Å². The van der Waals surface area contributed by atoms with Gasteiger partial charge in [-0.25, -0.2) is 8.78 Å². The highest BCUT2D eigenvalue weighted by atomic mass is 19.1. The van der Waals surface area contributed by atoms with E-state index in [1.165, 1.54) is 18.2 Å². The van der Waals surface area contributed by atoms with Crippen molar-refractivity contribution >= 4 is 0 Å². The lowest BCUT2D eigenvalue weighted by molar-refractivity contribution is 0.584. The quantitative estimate of drug-likeness (QED) is 0.843. The molecule has 0 aromatic heterocycles. The molecule has 0 heterocycles. The monoisotopic (exact) mass is 289 g/mol. The standard InChI is InChI=1S/C18H21F2N/c1-4-9-21-18(14-5-8-17(20)13(3)10-14)16-7-6-15(19)11-12(16)2/h5-8,10-11,18,21H,4,9H2,1-3H3. The van der Waals surface area contributed by atoms with Gasteiger partial charge in [0.15, 0.2) is 0 Å². The van der Waals surface area contributed by atoms with E-state index in [1.807, 2.05) is 13.0 Å². The molecule has 1 N–H and O–H groups in total. The Labute approximate surface area is 125 Å². The number of hydrogen-bond donors (Lipinski definition) is 1. The minimum atomic E-state index is -0.235. The molecule has 2 aromatic rings. The predicted molar refractivity (Wildman–Crippen MR) is 82.4 cm³/mol. The second-order valence-corrected chi connectivity index (χ2v) is 5.40. The fourth-order valence-corrected chi connectivity index (χ4v) is 2.51. The SMILES string of the molecule is CCCNC(c1ccc(F)c(C)c1)c1ccc(F)cc1C. The van der Waals surface area contributed by atoms with Crippen LogP contribution in [0, 0.1) is 25.5 Å². The Morgan fingerprint density at radius 1 is 1.00 bits per heavy atom. The van der Waals surface area contributed by atoms with Crippen LogP contribution in [0.4, 0.5) is 8.78 Å². The van der Waals surface area contributed by atoms with Gasteiger partial charge in [0.1, 0.15) is 11.6 Å². The van der Waals surface area contributed by atoms with Crippen molar-refractivity contribution in [1.29, 1.82) is 0 Å². The van der Waals surface area contributed by atoms with Crippen molar-refractivity contribution in [2.24, 2.45) is 0 Å². The summed E-state index contributed by atoms with van der Waals surface area (Å²) in [5, 5.41) is 3.46. The van der Waals surface area contributed by atoms with Gasteiger partial charge in [-0.2, -0.15) is 0 Å². The maximum absolute atomic E-state index is 13.5. The van der Waals surface area contributed by atoms with E-state index in [1.54, 1.807) is 19.1 Å². The molecule has 0 aliphatic heterocycles. The molecule has 0 amide bonds. The molecule has 0 fully saturated rings. The normalized spacial score (nSPS) is 12.4.